The maximum Gasteiger partial charge on any atom is 0.253 e. The fourth-order valence-corrected chi connectivity index (χ4v) is 3.58. The number of hydrogen-bond donors (Lipinski definition) is 2. The molecule has 0 aliphatic carbocycles. The SMILES string of the molecule is CCn1c(C)c(C(=O)NCCCN2CCOCC2)c2cc(O)ccc21. The molecule has 3 rings (SSSR count). The monoisotopic (exact) mass is 345 g/mol. The first-order chi connectivity index (χ1) is 12.1. The lowest BCUT2D eigenvalue weighted by Gasteiger charge is -2.26. The van der Waals surface area contributed by atoms with Gasteiger partial charge in [-0.15, -0.1) is 0 Å². The van der Waals surface area contributed by atoms with Crippen LogP contribution in [-0.4, -0.2) is 59.9 Å². The van der Waals surface area contributed by atoms with Crippen LogP contribution >= 0.6 is 0 Å². The van der Waals surface area contributed by atoms with Crippen LogP contribution in [-0.2, 0) is 11.3 Å². The van der Waals surface area contributed by atoms with Gasteiger partial charge in [0.2, 0.25) is 0 Å². The lowest BCUT2D eigenvalue weighted by atomic mass is 10.1. The number of nitrogens with zero attached hydrogens (tertiary/aromatic N) is 2. The molecule has 136 valence electrons. The zero-order chi connectivity index (χ0) is 17.8. The summed E-state index contributed by atoms with van der Waals surface area (Å²) in [6, 6.07) is 5.21. The van der Waals surface area contributed by atoms with Gasteiger partial charge in [-0.05, 0) is 45.0 Å². The molecular formula is C19H27N3O3. The number of benzene rings is 1. The highest BCUT2D eigenvalue weighted by molar-refractivity contribution is 6.08. The molecule has 0 atom stereocenters. The molecule has 2 N–H and O–H groups in total. The van der Waals surface area contributed by atoms with E-state index in [4.69, 9.17) is 4.74 Å². The van der Waals surface area contributed by atoms with Crippen LogP contribution in [0.1, 0.15) is 29.4 Å². The van der Waals surface area contributed by atoms with Crippen molar-refractivity contribution in [2.24, 2.45) is 0 Å². The van der Waals surface area contributed by atoms with Crippen molar-refractivity contribution < 1.29 is 14.6 Å². The summed E-state index contributed by atoms with van der Waals surface area (Å²) in [7, 11) is 0. The molecule has 1 aromatic carbocycles. The molecule has 1 aliphatic heterocycles. The van der Waals surface area contributed by atoms with E-state index in [0.29, 0.717) is 12.1 Å². The van der Waals surface area contributed by atoms with Crippen LogP contribution in [0.4, 0.5) is 0 Å². The Bertz CT molecular complexity index is 748. The van der Waals surface area contributed by atoms with E-state index in [9.17, 15) is 9.90 Å². The number of amides is 1. The van der Waals surface area contributed by atoms with Crippen molar-refractivity contribution in [3.05, 3.63) is 29.5 Å². The Morgan fingerprint density at radius 1 is 1.32 bits per heavy atom. The second kappa shape index (κ2) is 7.89. The molecule has 1 aliphatic rings. The first-order valence-electron chi connectivity index (χ1n) is 9.02. The second-order valence-corrected chi connectivity index (χ2v) is 6.47. The smallest absolute Gasteiger partial charge is 0.253 e. The van der Waals surface area contributed by atoms with Crippen molar-refractivity contribution in [1.82, 2.24) is 14.8 Å². The predicted molar refractivity (Wildman–Crippen MR) is 98.2 cm³/mol. The number of carbonyl (C=O) groups excluding carboxylic acids is 1. The van der Waals surface area contributed by atoms with Crippen molar-refractivity contribution in [2.75, 3.05) is 39.4 Å². The zero-order valence-electron chi connectivity index (χ0n) is 15.0. The highest BCUT2D eigenvalue weighted by atomic mass is 16.5. The van der Waals surface area contributed by atoms with Crippen molar-refractivity contribution in [3.63, 3.8) is 0 Å². The van der Waals surface area contributed by atoms with Crippen LogP contribution in [0.25, 0.3) is 10.9 Å². The van der Waals surface area contributed by atoms with Gasteiger partial charge in [-0.3, -0.25) is 9.69 Å². The normalized spacial score (nSPS) is 15.6. The van der Waals surface area contributed by atoms with E-state index in [-0.39, 0.29) is 11.7 Å². The molecule has 0 saturated carbocycles. The van der Waals surface area contributed by atoms with Crippen LogP contribution in [0.5, 0.6) is 5.75 Å². The van der Waals surface area contributed by atoms with Crippen molar-refractivity contribution in [2.45, 2.75) is 26.8 Å². The molecule has 0 radical (unpaired) electrons. The third-order valence-corrected chi connectivity index (χ3v) is 4.89. The van der Waals surface area contributed by atoms with Gasteiger partial charge in [0.1, 0.15) is 5.75 Å². The summed E-state index contributed by atoms with van der Waals surface area (Å²) in [6.45, 7) is 9.96. The van der Waals surface area contributed by atoms with E-state index >= 15 is 0 Å². The minimum absolute atomic E-state index is 0.0673. The van der Waals surface area contributed by atoms with Crippen molar-refractivity contribution >= 4 is 16.8 Å². The average molecular weight is 345 g/mol. The lowest BCUT2D eigenvalue weighted by Crippen LogP contribution is -2.38. The number of phenols is 1. The van der Waals surface area contributed by atoms with Gasteiger partial charge in [0.15, 0.2) is 0 Å². The first-order valence-corrected chi connectivity index (χ1v) is 9.02. The van der Waals surface area contributed by atoms with Gasteiger partial charge in [0.25, 0.3) is 5.91 Å². The molecule has 25 heavy (non-hydrogen) atoms. The largest absolute Gasteiger partial charge is 0.508 e. The summed E-state index contributed by atoms with van der Waals surface area (Å²) < 4.78 is 7.45. The molecule has 2 heterocycles. The Hall–Kier alpha value is -2.05. The van der Waals surface area contributed by atoms with E-state index in [0.717, 1.165) is 62.4 Å². The number of phenolic OH excluding ortho intramolecular Hbond substituents is 1. The molecule has 0 bridgehead atoms. The van der Waals surface area contributed by atoms with Gasteiger partial charge in [-0.2, -0.15) is 0 Å². The number of rotatable bonds is 6. The van der Waals surface area contributed by atoms with Crippen molar-refractivity contribution in [3.8, 4) is 5.75 Å². The quantitative estimate of drug-likeness (QED) is 0.787. The summed E-state index contributed by atoms with van der Waals surface area (Å²) in [5.74, 6) is 0.115. The van der Waals surface area contributed by atoms with Crippen LogP contribution in [0.15, 0.2) is 18.2 Å². The number of aromatic nitrogens is 1. The molecule has 1 fully saturated rings. The van der Waals surface area contributed by atoms with Gasteiger partial charge in [0, 0.05) is 42.8 Å². The predicted octanol–water partition coefficient (Wildman–Crippen LogP) is 2.13. The van der Waals surface area contributed by atoms with Crippen LogP contribution in [0.2, 0.25) is 0 Å². The molecule has 1 saturated heterocycles. The third-order valence-electron chi connectivity index (χ3n) is 4.89. The lowest BCUT2D eigenvalue weighted by molar-refractivity contribution is 0.0374. The summed E-state index contributed by atoms with van der Waals surface area (Å²) in [6.07, 6.45) is 0.919. The second-order valence-electron chi connectivity index (χ2n) is 6.47. The number of aryl methyl sites for hydroxylation is 1. The van der Waals surface area contributed by atoms with Crippen LogP contribution in [0.3, 0.4) is 0 Å². The Balaban J connectivity index is 1.67. The Morgan fingerprint density at radius 2 is 2.08 bits per heavy atom. The summed E-state index contributed by atoms with van der Waals surface area (Å²) in [5, 5.41) is 13.7. The highest BCUT2D eigenvalue weighted by Crippen LogP contribution is 2.29. The van der Waals surface area contributed by atoms with E-state index in [1.165, 1.54) is 0 Å². The Labute approximate surface area is 148 Å². The first kappa shape index (κ1) is 17.8. The molecule has 6 nitrogen and oxygen atoms in total. The zero-order valence-corrected chi connectivity index (χ0v) is 15.0. The topological polar surface area (TPSA) is 66.7 Å². The molecule has 0 spiro atoms. The molecule has 2 aromatic rings. The van der Waals surface area contributed by atoms with E-state index in [2.05, 4.69) is 21.7 Å². The number of morpholine rings is 1. The van der Waals surface area contributed by atoms with Gasteiger partial charge in [-0.25, -0.2) is 0 Å². The number of hydrogen-bond acceptors (Lipinski definition) is 4. The Morgan fingerprint density at radius 3 is 2.80 bits per heavy atom. The number of aromatic hydroxyl groups is 1. The fraction of sp³-hybridized carbons (Fsp3) is 0.526. The molecule has 1 aromatic heterocycles. The number of ether oxygens (including phenoxy) is 1. The van der Waals surface area contributed by atoms with E-state index in [1.807, 2.05) is 13.0 Å². The van der Waals surface area contributed by atoms with Crippen LogP contribution in [0, 0.1) is 6.92 Å². The molecule has 0 unspecified atom stereocenters. The van der Waals surface area contributed by atoms with Gasteiger partial charge < -0.3 is 19.7 Å². The molecule has 6 heteroatoms. The van der Waals surface area contributed by atoms with Crippen LogP contribution < -0.4 is 5.32 Å². The number of nitrogens with one attached hydrogen (secondary N) is 1. The van der Waals surface area contributed by atoms with Crippen molar-refractivity contribution in [1.29, 1.82) is 0 Å². The summed E-state index contributed by atoms with van der Waals surface area (Å²) >= 11 is 0. The highest BCUT2D eigenvalue weighted by Gasteiger charge is 2.19. The number of carbonyl (C=O) groups is 1. The minimum atomic E-state index is -0.0673. The van der Waals surface area contributed by atoms with E-state index in [1.54, 1.807) is 12.1 Å². The number of fused-ring (bicyclic) bond motifs is 1. The van der Waals surface area contributed by atoms with Gasteiger partial charge >= 0.3 is 0 Å². The van der Waals surface area contributed by atoms with E-state index < -0.39 is 0 Å². The summed E-state index contributed by atoms with van der Waals surface area (Å²) in [4.78, 5) is 15.1. The molecule has 1 amide bonds. The van der Waals surface area contributed by atoms with Gasteiger partial charge in [0.05, 0.1) is 18.8 Å². The maximum absolute atomic E-state index is 12.7. The molecular weight excluding hydrogens is 318 g/mol. The van der Waals surface area contributed by atoms with Gasteiger partial charge in [-0.1, -0.05) is 0 Å². The maximum atomic E-state index is 12.7. The third kappa shape index (κ3) is 3.80. The average Bonchev–Trinajstić information content (AvgIpc) is 2.90. The Kier molecular flexibility index (Phi) is 5.60. The summed E-state index contributed by atoms with van der Waals surface area (Å²) in [5.41, 5.74) is 2.59. The fourth-order valence-electron chi connectivity index (χ4n) is 3.58. The standard InChI is InChI=1S/C19H27N3O3/c1-3-22-14(2)18(16-13-15(23)5-6-17(16)22)19(24)20-7-4-8-21-9-11-25-12-10-21/h5-6,13,23H,3-4,7-12H2,1-2H3,(H,20,24). The minimum Gasteiger partial charge on any atom is -0.508 e.